The van der Waals surface area contributed by atoms with E-state index in [-0.39, 0.29) is 11.9 Å². The second kappa shape index (κ2) is 12.5. The van der Waals surface area contributed by atoms with Crippen LogP contribution < -0.4 is 5.32 Å². The molecule has 0 bridgehead atoms. The van der Waals surface area contributed by atoms with Gasteiger partial charge in [-0.3, -0.25) is 14.6 Å². The molecule has 0 aliphatic carbocycles. The number of anilines is 1. The topological polar surface area (TPSA) is 85.7 Å². The fourth-order valence-electron chi connectivity index (χ4n) is 3.72. The van der Waals surface area contributed by atoms with Crippen molar-refractivity contribution in [2.75, 3.05) is 44.6 Å². The first-order valence-corrected chi connectivity index (χ1v) is 11.2. The van der Waals surface area contributed by atoms with Gasteiger partial charge in [-0.05, 0) is 67.9 Å². The molecular formula is C26H30N4O3. The van der Waals surface area contributed by atoms with Crippen molar-refractivity contribution in [3.05, 3.63) is 71.3 Å². The Morgan fingerprint density at radius 1 is 1.03 bits per heavy atom. The van der Waals surface area contributed by atoms with E-state index in [9.17, 15) is 9.59 Å². The van der Waals surface area contributed by atoms with E-state index in [1.54, 1.807) is 13.0 Å². The first kappa shape index (κ1) is 24.2. The second-order valence-electron chi connectivity index (χ2n) is 7.97. The van der Waals surface area contributed by atoms with E-state index in [1.165, 1.54) is 11.6 Å². The predicted molar refractivity (Wildman–Crippen MR) is 128 cm³/mol. The van der Waals surface area contributed by atoms with Crippen LogP contribution in [0.5, 0.6) is 0 Å². The fourth-order valence-corrected chi connectivity index (χ4v) is 3.72. The van der Waals surface area contributed by atoms with Gasteiger partial charge in [0.1, 0.15) is 0 Å². The Morgan fingerprint density at radius 2 is 1.73 bits per heavy atom. The number of hydrogen-bond donors (Lipinski definition) is 1. The lowest BCUT2D eigenvalue weighted by Gasteiger charge is -2.21. The van der Waals surface area contributed by atoms with E-state index in [4.69, 9.17) is 10.00 Å². The van der Waals surface area contributed by atoms with Gasteiger partial charge in [0.05, 0.1) is 24.8 Å². The molecule has 1 fully saturated rings. The number of rotatable bonds is 8. The highest BCUT2D eigenvalue weighted by atomic mass is 16.5. The van der Waals surface area contributed by atoms with Crippen molar-refractivity contribution < 1.29 is 14.3 Å². The summed E-state index contributed by atoms with van der Waals surface area (Å²) in [6, 6.07) is 17.2. The third-order valence-electron chi connectivity index (χ3n) is 5.43. The van der Waals surface area contributed by atoms with Gasteiger partial charge in [0.25, 0.3) is 0 Å². The van der Waals surface area contributed by atoms with Crippen LogP contribution in [0.15, 0.2) is 54.6 Å². The number of nitrogens with zero attached hydrogens (tertiary/aromatic N) is 3. The van der Waals surface area contributed by atoms with E-state index in [0.717, 1.165) is 50.4 Å². The molecule has 0 radical (unpaired) electrons. The van der Waals surface area contributed by atoms with E-state index >= 15 is 0 Å². The molecule has 1 aliphatic heterocycles. The molecule has 0 spiro atoms. The predicted octanol–water partition coefficient (Wildman–Crippen LogP) is 3.28. The average molecular weight is 447 g/mol. The van der Waals surface area contributed by atoms with E-state index in [2.05, 4.69) is 21.2 Å². The first-order valence-electron chi connectivity index (χ1n) is 11.2. The van der Waals surface area contributed by atoms with Crippen LogP contribution in [0.2, 0.25) is 0 Å². The van der Waals surface area contributed by atoms with Crippen LogP contribution in [0.4, 0.5) is 5.69 Å². The molecule has 7 heteroatoms. The standard InChI is InChI=1S/C26H30N4O3/c1-2-33-26(32)13-10-21-8-11-24(12-9-21)28-25(31)20-30-15-3-14-29(16-17-30)19-23-6-4-22(18-27)5-7-23/h4-13H,2-3,14-17,19-20H2,1H3,(H,28,31)/b13-10+. The number of nitriles is 1. The van der Waals surface area contributed by atoms with E-state index in [0.29, 0.717) is 18.7 Å². The van der Waals surface area contributed by atoms with Crippen LogP contribution in [-0.2, 0) is 20.9 Å². The molecule has 0 unspecified atom stereocenters. The first-order chi connectivity index (χ1) is 16.1. The van der Waals surface area contributed by atoms with Gasteiger partial charge in [0, 0.05) is 31.4 Å². The Bertz CT molecular complexity index is 994. The quantitative estimate of drug-likeness (QED) is 0.495. The Kier molecular flexibility index (Phi) is 9.19. The van der Waals surface area contributed by atoms with E-state index in [1.807, 2.05) is 48.5 Å². The van der Waals surface area contributed by atoms with Gasteiger partial charge in [-0.1, -0.05) is 24.3 Å². The lowest BCUT2D eigenvalue weighted by atomic mass is 10.1. The highest BCUT2D eigenvalue weighted by Gasteiger charge is 2.17. The summed E-state index contributed by atoms with van der Waals surface area (Å²) in [5, 5.41) is 11.9. The monoisotopic (exact) mass is 446 g/mol. The molecular weight excluding hydrogens is 416 g/mol. The minimum Gasteiger partial charge on any atom is -0.463 e. The van der Waals surface area contributed by atoms with Crippen molar-refractivity contribution in [3.63, 3.8) is 0 Å². The molecule has 0 saturated carbocycles. The molecule has 2 aromatic rings. The molecule has 172 valence electrons. The maximum atomic E-state index is 12.5. The fraction of sp³-hybridized carbons (Fsp3) is 0.346. The number of esters is 1. The van der Waals surface area contributed by atoms with Crippen molar-refractivity contribution in [2.24, 2.45) is 0 Å². The number of ether oxygens (including phenoxy) is 1. The summed E-state index contributed by atoms with van der Waals surface area (Å²) in [5.41, 5.74) is 3.46. The molecule has 7 nitrogen and oxygen atoms in total. The Balaban J connectivity index is 1.43. The minimum absolute atomic E-state index is 0.0367. The van der Waals surface area contributed by atoms with Crippen LogP contribution >= 0.6 is 0 Å². The van der Waals surface area contributed by atoms with Gasteiger partial charge in [0.2, 0.25) is 5.91 Å². The molecule has 1 aliphatic rings. The summed E-state index contributed by atoms with van der Waals surface area (Å²) < 4.78 is 4.86. The highest BCUT2D eigenvalue weighted by molar-refractivity contribution is 5.92. The van der Waals surface area contributed by atoms with Crippen LogP contribution in [0.1, 0.15) is 30.0 Å². The smallest absolute Gasteiger partial charge is 0.330 e. The van der Waals surface area contributed by atoms with Crippen molar-refractivity contribution in [3.8, 4) is 6.07 Å². The minimum atomic E-state index is -0.372. The van der Waals surface area contributed by atoms with Crippen LogP contribution in [-0.4, -0.2) is 61.0 Å². The van der Waals surface area contributed by atoms with Gasteiger partial charge in [-0.25, -0.2) is 4.79 Å². The normalized spacial score (nSPS) is 15.0. The van der Waals surface area contributed by atoms with Gasteiger partial charge >= 0.3 is 5.97 Å². The maximum absolute atomic E-state index is 12.5. The molecule has 2 aromatic carbocycles. The molecule has 0 aromatic heterocycles. The third kappa shape index (κ3) is 8.19. The summed E-state index contributed by atoms with van der Waals surface area (Å²) >= 11 is 0. The van der Waals surface area contributed by atoms with Crippen molar-refractivity contribution in [1.82, 2.24) is 9.80 Å². The van der Waals surface area contributed by atoms with Crippen LogP contribution in [0, 0.1) is 11.3 Å². The van der Waals surface area contributed by atoms with Gasteiger partial charge in [-0.2, -0.15) is 5.26 Å². The largest absolute Gasteiger partial charge is 0.463 e. The second-order valence-corrected chi connectivity index (χ2v) is 7.97. The van der Waals surface area contributed by atoms with Gasteiger partial charge < -0.3 is 10.1 Å². The number of benzene rings is 2. The lowest BCUT2D eigenvalue weighted by Crippen LogP contribution is -2.36. The van der Waals surface area contributed by atoms with Gasteiger partial charge in [-0.15, -0.1) is 0 Å². The van der Waals surface area contributed by atoms with Crippen LogP contribution in [0.3, 0.4) is 0 Å². The average Bonchev–Trinajstić information content (AvgIpc) is 3.04. The zero-order valence-corrected chi connectivity index (χ0v) is 19.0. The summed E-state index contributed by atoms with van der Waals surface area (Å²) in [5.74, 6) is -0.409. The molecule has 1 amide bonds. The third-order valence-corrected chi connectivity index (χ3v) is 5.43. The lowest BCUT2D eigenvalue weighted by molar-refractivity contribution is -0.137. The Morgan fingerprint density at radius 3 is 2.42 bits per heavy atom. The van der Waals surface area contributed by atoms with Crippen molar-refractivity contribution in [1.29, 1.82) is 5.26 Å². The van der Waals surface area contributed by atoms with E-state index < -0.39 is 0 Å². The molecule has 1 heterocycles. The van der Waals surface area contributed by atoms with Gasteiger partial charge in [0.15, 0.2) is 0 Å². The zero-order valence-electron chi connectivity index (χ0n) is 19.0. The zero-order chi connectivity index (χ0) is 23.5. The highest BCUT2D eigenvalue weighted by Crippen LogP contribution is 2.13. The molecule has 1 N–H and O–H groups in total. The maximum Gasteiger partial charge on any atom is 0.330 e. The number of hydrogen-bond acceptors (Lipinski definition) is 6. The Hall–Kier alpha value is -3.47. The number of nitrogens with one attached hydrogen (secondary N) is 1. The summed E-state index contributed by atoms with van der Waals surface area (Å²) in [6.07, 6.45) is 4.08. The Labute approximate surface area is 195 Å². The number of carbonyl (C=O) groups is 2. The summed E-state index contributed by atoms with van der Waals surface area (Å²) in [4.78, 5) is 28.5. The summed E-state index contributed by atoms with van der Waals surface area (Å²) in [6.45, 7) is 6.92. The number of carbonyl (C=O) groups excluding carboxylic acids is 2. The molecule has 33 heavy (non-hydrogen) atoms. The molecule has 0 atom stereocenters. The van der Waals surface area contributed by atoms with Crippen molar-refractivity contribution >= 4 is 23.6 Å². The van der Waals surface area contributed by atoms with Crippen molar-refractivity contribution in [2.45, 2.75) is 19.9 Å². The SMILES string of the molecule is CCOC(=O)/C=C/c1ccc(NC(=O)CN2CCCN(Cc3ccc(C#N)cc3)CC2)cc1. The van der Waals surface area contributed by atoms with Crippen LogP contribution in [0.25, 0.3) is 6.08 Å². The number of amides is 1. The molecule has 1 saturated heterocycles. The molecule has 3 rings (SSSR count). The summed E-state index contributed by atoms with van der Waals surface area (Å²) in [7, 11) is 0.